The van der Waals surface area contributed by atoms with E-state index in [1.54, 1.807) is 48.5 Å². The van der Waals surface area contributed by atoms with Gasteiger partial charge in [-0.15, -0.1) is 4.41 Å². The molecular formula is C23H21Cl2N3O5S. The predicted octanol–water partition coefficient (Wildman–Crippen LogP) is 4.47. The van der Waals surface area contributed by atoms with Crippen LogP contribution < -0.4 is 5.73 Å². The van der Waals surface area contributed by atoms with Crippen LogP contribution in [0.3, 0.4) is 0 Å². The Morgan fingerprint density at radius 3 is 2.00 bits per heavy atom. The first-order valence-electron chi connectivity index (χ1n) is 9.89. The zero-order valence-electron chi connectivity index (χ0n) is 18.0. The molecule has 0 bridgehead atoms. The minimum absolute atomic E-state index is 0.0140. The van der Waals surface area contributed by atoms with Crippen LogP contribution in [-0.4, -0.2) is 37.0 Å². The van der Waals surface area contributed by atoms with E-state index in [1.165, 1.54) is 24.3 Å². The predicted molar refractivity (Wildman–Crippen MR) is 129 cm³/mol. The number of hydrogen-bond donors (Lipinski definition) is 1. The number of benzene rings is 3. The highest BCUT2D eigenvalue weighted by atomic mass is 35.5. The molecule has 0 atom stereocenters. The van der Waals surface area contributed by atoms with Gasteiger partial charge in [-0.1, -0.05) is 65.7 Å². The average Bonchev–Trinajstić information content (AvgIpc) is 2.81. The van der Waals surface area contributed by atoms with Crippen molar-refractivity contribution in [2.45, 2.75) is 18.0 Å². The summed E-state index contributed by atoms with van der Waals surface area (Å²) < 4.78 is 32.1. The monoisotopic (exact) mass is 521 g/mol. The van der Waals surface area contributed by atoms with Crippen LogP contribution in [-0.2, 0) is 27.8 Å². The summed E-state index contributed by atoms with van der Waals surface area (Å²) in [5, 5.41) is 1.47. The summed E-state index contributed by atoms with van der Waals surface area (Å²) in [6, 6.07) is 17.9. The summed E-state index contributed by atoms with van der Waals surface area (Å²) in [4.78, 5) is 24.0. The number of carbonyl (C=O) groups is 2. The van der Waals surface area contributed by atoms with Crippen molar-refractivity contribution in [2.24, 2.45) is 5.73 Å². The van der Waals surface area contributed by atoms with Crippen molar-refractivity contribution in [1.29, 1.82) is 0 Å². The molecule has 34 heavy (non-hydrogen) atoms. The highest BCUT2D eigenvalue weighted by Gasteiger charge is 2.34. The molecule has 0 saturated heterocycles. The number of sulfonamides is 1. The van der Waals surface area contributed by atoms with Crippen molar-refractivity contribution >= 4 is 45.2 Å². The van der Waals surface area contributed by atoms with Crippen LogP contribution in [0.15, 0.2) is 77.7 Å². The maximum atomic E-state index is 13.5. The van der Waals surface area contributed by atoms with Gasteiger partial charge in [-0.25, -0.2) is 9.59 Å². The molecule has 178 valence electrons. The summed E-state index contributed by atoms with van der Waals surface area (Å²) in [5.74, 6) is -0.506. The molecule has 0 fully saturated rings. The lowest BCUT2D eigenvalue weighted by molar-refractivity contribution is 0.0600. The van der Waals surface area contributed by atoms with Crippen molar-refractivity contribution in [1.82, 2.24) is 9.42 Å². The molecule has 2 amide bonds. The molecule has 0 aliphatic rings. The Morgan fingerprint density at radius 2 is 1.47 bits per heavy atom. The molecule has 0 unspecified atom stereocenters. The fourth-order valence-corrected chi connectivity index (χ4v) is 4.93. The van der Waals surface area contributed by atoms with Gasteiger partial charge in [0.25, 0.3) is 10.0 Å². The molecule has 0 radical (unpaired) electrons. The number of nitrogens with zero attached hydrogens (tertiary/aromatic N) is 2. The number of primary amides is 1. The number of carbonyl (C=O) groups excluding carboxylic acids is 2. The fourth-order valence-electron chi connectivity index (χ4n) is 3.20. The van der Waals surface area contributed by atoms with Crippen LogP contribution in [0.4, 0.5) is 4.79 Å². The molecule has 8 nitrogen and oxygen atoms in total. The molecule has 0 heterocycles. The van der Waals surface area contributed by atoms with Crippen LogP contribution in [0.2, 0.25) is 10.0 Å². The molecule has 3 rings (SSSR count). The summed E-state index contributed by atoms with van der Waals surface area (Å²) >= 11 is 11.9. The number of urea groups is 1. The van der Waals surface area contributed by atoms with E-state index in [0.29, 0.717) is 15.5 Å². The van der Waals surface area contributed by atoms with E-state index < -0.39 is 22.0 Å². The Kier molecular flexibility index (Phi) is 8.16. The third-order valence-corrected chi connectivity index (χ3v) is 7.26. The molecule has 11 heteroatoms. The summed E-state index contributed by atoms with van der Waals surface area (Å²) in [6.07, 6.45) is 0. The number of halogens is 2. The van der Waals surface area contributed by atoms with Crippen LogP contribution in [0.5, 0.6) is 0 Å². The average molecular weight is 522 g/mol. The molecule has 0 aliphatic carbocycles. The first kappa shape index (κ1) is 25.5. The second kappa shape index (κ2) is 10.9. The van der Waals surface area contributed by atoms with Crippen LogP contribution in [0, 0.1) is 0 Å². The van der Waals surface area contributed by atoms with Crippen molar-refractivity contribution in [3.63, 3.8) is 0 Å². The van der Waals surface area contributed by atoms with Gasteiger partial charge in [0.15, 0.2) is 0 Å². The Bertz CT molecular complexity index is 1290. The molecule has 3 aromatic rings. The minimum Gasteiger partial charge on any atom is -0.465 e. The van der Waals surface area contributed by atoms with E-state index in [9.17, 15) is 18.0 Å². The number of rotatable bonds is 8. The summed E-state index contributed by atoms with van der Waals surface area (Å²) in [5.41, 5.74) is 7.26. The van der Waals surface area contributed by atoms with Crippen molar-refractivity contribution in [2.75, 3.05) is 7.11 Å². The van der Waals surface area contributed by atoms with Crippen LogP contribution in [0.25, 0.3) is 0 Å². The Morgan fingerprint density at radius 1 is 0.882 bits per heavy atom. The van der Waals surface area contributed by atoms with Gasteiger partial charge in [0, 0.05) is 13.1 Å². The first-order valence-corrected chi connectivity index (χ1v) is 12.1. The summed E-state index contributed by atoms with van der Waals surface area (Å²) in [7, 11) is -3.16. The quantitative estimate of drug-likeness (QED) is 0.346. The topological polar surface area (TPSA) is 110 Å². The highest BCUT2D eigenvalue weighted by Crippen LogP contribution is 2.28. The van der Waals surface area contributed by atoms with Gasteiger partial charge in [0.1, 0.15) is 0 Å². The van der Waals surface area contributed by atoms with Gasteiger partial charge in [0.05, 0.1) is 27.6 Å². The van der Waals surface area contributed by atoms with E-state index in [2.05, 4.69) is 0 Å². The number of methoxy groups -OCH3 is 1. The molecule has 0 aromatic heterocycles. The Labute approximate surface area is 207 Å². The van der Waals surface area contributed by atoms with Gasteiger partial charge in [-0.3, -0.25) is 0 Å². The molecule has 0 aliphatic heterocycles. The Balaban J connectivity index is 2.03. The maximum absolute atomic E-state index is 13.5. The number of nitrogens with two attached hydrogens (primary N) is 1. The van der Waals surface area contributed by atoms with Crippen LogP contribution >= 0.6 is 23.2 Å². The van der Waals surface area contributed by atoms with E-state index in [-0.39, 0.29) is 28.0 Å². The number of hydrogen-bond acceptors (Lipinski definition) is 6. The lowest BCUT2D eigenvalue weighted by Gasteiger charge is -2.33. The first-order chi connectivity index (χ1) is 16.1. The minimum atomic E-state index is -4.44. The Hall–Kier alpha value is -3.11. The number of amides is 2. The van der Waals surface area contributed by atoms with Gasteiger partial charge < -0.3 is 10.5 Å². The van der Waals surface area contributed by atoms with E-state index in [4.69, 9.17) is 33.7 Å². The van der Waals surface area contributed by atoms with Gasteiger partial charge in [-0.2, -0.15) is 13.4 Å². The zero-order chi connectivity index (χ0) is 24.9. The molecule has 2 N–H and O–H groups in total. The largest absolute Gasteiger partial charge is 0.465 e. The van der Waals surface area contributed by atoms with Crippen LogP contribution in [0.1, 0.15) is 21.5 Å². The number of hydrazine groups is 1. The molecule has 0 spiro atoms. The lowest BCUT2D eigenvalue weighted by Crippen LogP contribution is -2.51. The van der Waals surface area contributed by atoms with Gasteiger partial charge >= 0.3 is 12.0 Å². The second-order valence-corrected chi connectivity index (χ2v) is 9.74. The fraction of sp³-hybridized carbons (Fsp3) is 0.130. The number of ether oxygens (including phenoxy) is 1. The number of esters is 1. The third-order valence-electron chi connectivity index (χ3n) is 4.81. The van der Waals surface area contributed by atoms with E-state index >= 15 is 0 Å². The lowest BCUT2D eigenvalue weighted by atomic mass is 10.1. The van der Waals surface area contributed by atoms with Crippen molar-refractivity contribution in [3.8, 4) is 0 Å². The molecule has 3 aromatic carbocycles. The SMILES string of the molecule is COC(=O)c1ccc(CN(Cc2ccccc2)N(C(N)=O)S(=O)(=O)c2ccc(Cl)c(Cl)c2)cc1. The molecule has 0 saturated carbocycles. The molecular weight excluding hydrogens is 501 g/mol. The maximum Gasteiger partial charge on any atom is 0.343 e. The zero-order valence-corrected chi connectivity index (χ0v) is 20.3. The van der Waals surface area contributed by atoms with Crippen molar-refractivity contribution in [3.05, 3.63) is 99.5 Å². The standard InChI is InChI=1S/C23H21Cl2N3O5S/c1-33-22(29)18-9-7-17(8-10-18)15-27(14-16-5-3-2-4-6-16)28(23(26)30)34(31,32)19-11-12-20(24)21(25)13-19/h2-13H,14-15H2,1H3,(H2,26,30). The van der Waals surface area contributed by atoms with Gasteiger partial charge in [-0.05, 0) is 41.5 Å². The normalized spacial score (nSPS) is 11.3. The second-order valence-electron chi connectivity index (χ2n) is 7.16. The highest BCUT2D eigenvalue weighted by molar-refractivity contribution is 7.89. The van der Waals surface area contributed by atoms with E-state index in [1.807, 2.05) is 6.07 Å². The summed E-state index contributed by atoms with van der Waals surface area (Å²) in [6.45, 7) is 0.0307. The van der Waals surface area contributed by atoms with Gasteiger partial charge in [0.2, 0.25) is 0 Å². The van der Waals surface area contributed by atoms with Crippen molar-refractivity contribution < 1.29 is 22.7 Å². The smallest absolute Gasteiger partial charge is 0.343 e. The third kappa shape index (κ3) is 5.87. The van der Waals surface area contributed by atoms with E-state index in [0.717, 1.165) is 11.6 Å².